The quantitative estimate of drug-likeness (QED) is 0.883. The summed E-state index contributed by atoms with van der Waals surface area (Å²) in [5.74, 6) is -0.561. The highest BCUT2D eigenvalue weighted by Crippen LogP contribution is 2.18. The van der Waals surface area contributed by atoms with Crippen LogP contribution in [0.1, 0.15) is 4.88 Å². The van der Waals surface area contributed by atoms with Crippen molar-refractivity contribution in [2.24, 2.45) is 0 Å². The van der Waals surface area contributed by atoms with Crippen molar-refractivity contribution in [3.8, 4) is 0 Å². The molecule has 0 aliphatic heterocycles. The molecule has 2 rings (SSSR count). The van der Waals surface area contributed by atoms with Crippen LogP contribution in [0.4, 0.5) is 14.9 Å². The molecule has 0 unspecified atom stereocenters. The van der Waals surface area contributed by atoms with E-state index in [9.17, 15) is 9.18 Å². The van der Waals surface area contributed by atoms with Crippen molar-refractivity contribution in [3.05, 3.63) is 51.4 Å². The highest BCUT2D eigenvalue weighted by molar-refractivity contribution is 7.09. The molecule has 3 nitrogen and oxygen atoms in total. The standard InChI is InChI=1S/C12H10ClFN2OS/c13-8-3-4-11(10(14)6-8)16-12(17)15-7-9-2-1-5-18-9/h1-6H,7H2,(H2,15,16,17). The number of hydrogen-bond donors (Lipinski definition) is 2. The number of rotatable bonds is 3. The van der Waals surface area contributed by atoms with Gasteiger partial charge in [0.05, 0.1) is 12.2 Å². The summed E-state index contributed by atoms with van der Waals surface area (Å²) in [6.45, 7) is 0.415. The van der Waals surface area contributed by atoms with E-state index in [1.54, 1.807) is 11.3 Å². The van der Waals surface area contributed by atoms with Crippen LogP contribution >= 0.6 is 22.9 Å². The van der Waals surface area contributed by atoms with Crippen LogP contribution in [0, 0.1) is 5.82 Å². The van der Waals surface area contributed by atoms with E-state index in [4.69, 9.17) is 11.6 Å². The molecule has 0 aliphatic carbocycles. The molecule has 2 N–H and O–H groups in total. The van der Waals surface area contributed by atoms with Crippen molar-refractivity contribution < 1.29 is 9.18 Å². The van der Waals surface area contributed by atoms with Crippen molar-refractivity contribution in [2.75, 3.05) is 5.32 Å². The van der Waals surface area contributed by atoms with Crippen molar-refractivity contribution in [2.45, 2.75) is 6.54 Å². The molecular formula is C12H10ClFN2OS. The van der Waals surface area contributed by atoms with Crippen LogP contribution in [0.15, 0.2) is 35.7 Å². The van der Waals surface area contributed by atoms with Gasteiger partial charge in [0.2, 0.25) is 0 Å². The third-order valence-electron chi connectivity index (χ3n) is 2.18. The highest BCUT2D eigenvalue weighted by Gasteiger charge is 2.07. The first-order valence-corrected chi connectivity index (χ1v) is 6.43. The van der Waals surface area contributed by atoms with E-state index < -0.39 is 11.8 Å². The van der Waals surface area contributed by atoms with E-state index in [2.05, 4.69) is 10.6 Å². The second-order valence-corrected chi connectivity index (χ2v) is 4.98. The zero-order valence-corrected chi connectivity index (χ0v) is 10.8. The summed E-state index contributed by atoms with van der Waals surface area (Å²) in [6, 6.07) is 7.44. The van der Waals surface area contributed by atoms with E-state index >= 15 is 0 Å². The van der Waals surface area contributed by atoms with Crippen LogP contribution in [0.5, 0.6) is 0 Å². The number of nitrogens with one attached hydrogen (secondary N) is 2. The SMILES string of the molecule is O=C(NCc1cccs1)Nc1ccc(Cl)cc1F. The van der Waals surface area contributed by atoms with Crippen LogP contribution in [0.3, 0.4) is 0 Å². The lowest BCUT2D eigenvalue weighted by Gasteiger charge is -2.07. The molecule has 0 radical (unpaired) electrons. The van der Waals surface area contributed by atoms with Gasteiger partial charge in [0.25, 0.3) is 0 Å². The monoisotopic (exact) mass is 284 g/mol. The second-order valence-electron chi connectivity index (χ2n) is 3.51. The topological polar surface area (TPSA) is 41.1 Å². The number of amides is 2. The highest BCUT2D eigenvalue weighted by atomic mass is 35.5. The maximum Gasteiger partial charge on any atom is 0.319 e. The first-order chi connectivity index (χ1) is 8.65. The van der Waals surface area contributed by atoms with Gasteiger partial charge in [-0.1, -0.05) is 17.7 Å². The Balaban J connectivity index is 1.91. The summed E-state index contributed by atoms with van der Waals surface area (Å²) in [5, 5.41) is 7.27. The number of thiophene rings is 1. The molecule has 18 heavy (non-hydrogen) atoms. The van der Waals surface area contributed by atoms with Gasteiger partial charge in [0, 0.05) is 9.90 Å². The molecule has 2 aromatic rings. The number of benzene rings is 1. The molecule has 0 saturated heterocycles. The molecule has 94 valence electrons. The number of hydrogen-bond acceptors (Lipinski definition) is 2. The molecule has 0 fully saturated rings. The lowest BCUT2D eigenvalue weighted by atomic mass is 10.3. The van der Waals surface area contributed by atoms with E-state index in [0.717, 1.165) is 10.9 Å². The molecule has 1 aromatic heterocycles. The molecule has 0 atom stereocenters. The molecule has 0 spiro atoms. The summed E-state index contributed by atoms with van der Waals surface area (Å²) in [6.07, 6.45) is 0. The van der Waals surface area contributed by atoms with Gasteiger partial charge in [-0.05, 0) is 29.6 Å². The first kappa shape index (κ1) is 12.9. The number of urea groups is 1. The molecule has 0 aliphatic rings. The van der Waals surface area contributed by atoms with Gasteiger partial charge in [0.15, 0.2) is 0 Å². The van der Waals surface area contributed by atoms with Crippen molar-refractivity contribution in [1.29, 1.82) is 0 Å². The van der Waals surface area contributed by atoms with Crippen LogP contribution in [-0.4, -0.2) is 6.03 Å². The number of carbonyl (C=O) groups is 1. The second kappa shape index (κ2) is 5.84. The minimum absolute atomic E-state index is 0.100. The maximum absolute atomic E-state index is 13.4. The van der Waals surface area contributed by atoms with Gasteiger partial charge in [-0.25, -0.2) is 9.18 Å². The van der Waals surface area contributed by atoms with E-state index in [-0.39, 0.29) is 10.7 Å². The Kier molecular flexibility index (Phi) is 4.17. The maximum atomic E-state index is 13.4. The minimum atomic E-state index is -0.561. The largest absolute Gasteiger partial charge is 0.333 e. The molecular weight excluding hydrogens is 275 g/mol. The average molecular weight is 285 g/mol. The van der Waals surface area contributed by atoms with E-state index in [0.29, 0.717) is 6.54 Å². The predicted molar refractivity (Wildman–Crippen MR) is 71.6 cm³/mol. The normalized spacial score (nSPS) is 10.1. The molecule has 1 aromatic carbocycles. The van der Waals surface area contributed by atoms with Crippen LogP contribution < -0.4 is 10.6 Å². The van der Waals surface area contributed by atoms with Gasteiger partial charge < -0.3 is 10.6 Å². The summed E-state index contributed by atoms with van der Waals surface area (Å²) < 4.78 is 13.4. The Morgan fingerprint density at radius 3 is 2.89 bits per heavy atom. The van der Waals surface area contributed by atoms with Crippen molar-refractivity contribution in [3.63, 3.8) is 0 Å². The van der Waals surface area contributed by atoms with Crippen LogP contribution in [0.25, 0.3) is 0 Å². The Labute approximate surface area is 113 Å². The van der Waals surface area contributed by atoms with Gasteiger partial charge in [-0.2, -0.15) is 0 Å². The summed E-state index contributed by atoms with van der Waals surface area (Å²) in [4.78, 5) is 12.6. The van der Waals surface area contributed by atoms with Crippen molar-refractivity contribution >= 4 is 34.7 Å². The van der Waals surface area contributed by atoms with Gasteiger partial charge >= 0.3 is 6.03 Å². The Hall–Kier alpha value is -1.59. The van der Waals surface area contributed by atoms with E-state index in [1.807, 2.05) is 17.5 Å². The molecule has 6 heteroatoms. The van der Waals surface area contributed by atoms with Crippen molar-refractivity contribution in [1.82, 2.24) is 5.32 Å². The summed E-state index contributed by atoms with van der Waals surface area (Å²) in [7, 11) is 0. The molecule has 1 heterocycles. The molecule has 2 amide bonds. The van der Waals surface area contributed by atoms with Crippen LogP contribution in [-0.2, 0) is 6.54 Å². The Morgan fingerprint density at radius 1 is 1.39 bits per heavy atom. The van der Waals surface area contributed by atoms with E-state index in [1.165, 1.54) is 12.1 Å². The Bertz CT molecular complexity index is 545. The van der Waals surface area contributed by atoms with Gasteiger partial charge in [0.1, 0.15) is 5.82 Å². The zero-order chi connectivity index (χ0) is 13.0. The molecule has 0 bridgehead atoms. The zero-order valence-electron chi connectivity index (χ0n) is 9.24. The average Bonchev–Trinajstić information content (AvgIpc) is 2.83. The Morgan fingerprint density at radius 2 is 2.22 bits per heavy atom. The fraction of sp³-hybridized carbons (Fsp3) is 0.0833. The number of halogens is 2. The summed E-state index contributed by atoms with van der Waals surface area (Å²) >= 11 is 7.16. The van der Waals surface area contributed by atoms with Gasteiger partial charge in [-0.3, -0.25) is 0 Å². The van der Waals surface area contributed by atoms with Gasteiger partial charge in [-0.15, -0.1) is 11.3 Å². The number of anilines is 1. The minimum Gasteiger partial charge on any atom is -0.333 e. The van der Waals surface area contributed by atoms with Crippen LogP contribution in [0.2, 0.25) is 5.02 Å². The fourth-order valence-electron chi connectivity index (χ4n) is 1.34. The molecule has 0 saturated carbocycles. The third-order valence-corrected chi connectivity index (χ3v) is 3.29. The lowest BCUT2D eigenvalue weighted by Crippen LogP contribution is -2.28. The number of carbonyl (C=O) groups excluding carboxylic acids is 1. The predicted octanol–water partition coefficient (Wildman–Crippen LogP) is 3.86. The summed E-state index contributed by atoms with van der Waals surface area (Å²) in [5.41, 5.74) is 0.100. The first-order valence-electron chi connectivity index (χ1n) is 5.17. The third kappa shape index (κ3) is 3.45. The smallest absolute Gasteiger partial charge is 0.319 e. The lowest BCUT2D eigenvalue weighted by molar-refractivity contribution is 0.251. The fourth-order valence-corrected chi connectivity index (χ4v) is 2.14.